The molecule has 0 bridgehead atoms. The molecule has 144 valence electrons. The maximum atomic E-state index is 14.0. The summed E-state index contributed by atoms with van der Waals surface area (Å²) in [5, 5.41) is 13.5. The van der Waals surface area contributed by atoms with Gasteiger partial charge in [0.2, 0.25) is 5.88 Å². The fourth-order valence-electron chi connectivity index (χ4n) is 2.58. The Bertz CT molecular complexity index is 1030. The standard InChI is InChI=1S/C20H17FN2O4S/c1-12-18(22-19(28-12)15-9-5-6-10-16(15)21)27-11-13-7-3-4-8-14(13)17(20(24)25)23-26-2/h3-10H,11H2,1-2H3,(H,24,25)/b23-17+. The van der Waals surface area contributed by atoms with E-state index in [1.165, 1.54) is 24.5 Å². The summed E-state index contributed by atoms with van der Waals surface area (Å²) in [5.41, 5.74) is 1.19. The molecule has 0 fully saturated rings. The monoisotopic (exact) mass is 400 g/mol. The Morgan fingerprint density at radius 2 is 1.93 bits per heavy atom. The lowest BCUT2D eigenvalue weighted by atomic mass is 10.0. The highest BCUT2D eigenvalue weighted by Crippen LogP contribution is 2.33. The Hall–Kier alpha value is -3.26. The molecule has 1 heterocycles. The third-order valence-corrected chi connectivity index (χ3v) is 4.87. The van der Waals surface area contributed by atoms with E-state index in [0.717, 1.165) is 4.88 Å². The number of ether oxygens (including phenoxy) is 1. The van der Waals surface area contributed by atoms with E-state index >= 15 is 0 Å². The second-order valence-corrected chi connectivity index (χ2v) is 6.94. The molecule has 0 saturated carbocycles. The number of carboxylic acids is 1. The minimum absolute atomic E-state index is 0.0769. The summed E-state index contributed by atoms with van der Waals surface area (Å²) < 4.78 is 19.8. The number of aliphatic carboxylic acids is 1. The number of thiazole rings is 1. The lowest BCUT2D eigenvalue weighted by Gasteiger charge is -2.10. The Balaban J connectivity index is 1.85. The molecule has 6 nitrogen and oxygen atoms in total. The normalized spacial score (nSPS) is 11.3. The summed E-state index contributed by atoms with van der Waals surface area (Å²) in [6.07, 6.45) is 0. The van der Waals surface area contributed by atoms with Crippen LogP contribution in [-0.4, -0.2) is 28.9 Å². The molecule has 8 heteroatoms. The number of benzene rings is 2. The van der Waals surface area contributed by atoms with E-state index in [0.29, 0.717) is 27.6 Å². The highest BCUT2D eigenvalue weighted by Gasteiger charge is 2.19. The van der Waals surface area contributed by atoms with E-state index in [1.807, 2.05) is 6.92 Å². The van der Waals surface area contributed by atoms with Crippen LogP contribution >= 0.6 is 11.3 Å². The molecule has 0 atom stereocenters. The summed E-state index contributed by atoms with van der Waals surface area (Å²) >= 11 is 1.33. The fourth-order valence-corrected chi connectivity index (χ4v) is 3.47. The molecular formula is C20H17FN2O4S. The van der Waals surface area contributed by atoms with Crippen molar-refractivity contribution in [3.8, 4) is 16.5 Å². The first-order valence-electron chi connectivity index (χ1n) is 8.29. The van der Waals surface area contributed by atoms with Crippen molar-refractivity contribution in [3.63, 3.8) is 0 Å². The second-order valence-electron chi connectivity index (χ2n) is 5.73. The van der Waals surface area contributed by atoms with Gasteiger partial charge in [-0.1, -0.05) is 41.6 Å². The summed E-state index contributed by atoms with van der Waals surface area (Å²) in [7, 11) is 1.28. The topological polar surface area (TPSA) is 81.0 Å². The van der Waals surface area contributed by atoms with Gasteiger partial charge in [-0.3, -0.25) is 0 Å². The zero-order chi connectivity index (χ0) is 20.1. The Kier molecular flexibility index (Phi) is 6.00. The number of halogens is 1. The molecule has 3 rings (SSSR count). The quantitative estimate of drug-likeness (QED) is 0.473. The molecule has 0 radical (unpaired) electrons. The summed E-state index contributed by atoms with van der Waals surface area (Å²) in [6, 6.07) is 13.2. The molecule has 0 aliphatic rings. The van der Waals surface area contributed by atoms with Gasteiger partial charge in [-0.15, -0.1) is 11.3 Å². The summed E-state index contributed by atoms with van der Waals surface area (Å²) in [5.74, 6) is -1.19. The van der Waals surface area contributed by atoms with Crippen LogP contribution in [0.15, 0.2) is 53.7 Å². The van der Waals surface area contributed by atoms with E-state index < -0.39 is 5.97 Å². The number of carboxylic acid groups (broad SMARTS) is 1. The molecule has 0 saturated heterocycles. The minimum Gasteiger partial charge on any atom is -0.476 e. The van der Waals surface area contributed by atoms with Crippen LogP contribution in [-0.2, 0) is 16.2 Å². The number of hydrogen-bond acceptors (Lipinski definition) is 6. The van der Waals surface area contributed by atoms with E-state index in [1.54, 1.807) is 42.5 Å². The van der Waals surface area contributed by atoms with Gasteiger partial charge in [0.25, 0.3) is 0 Å². The van der Waals surface area contributed by atoms with Gasteiger partial charge in [-0.2, -0.15) is 0 Å². The minimum atomic E-state index is -1.21. The molecule has 28 heavy (non-hydrogen) atoms. The van der Waals surface area contributed by atoms with Gasteiger partial charge >= 0.3 is 5.97 Å². The van der Waals surface area contributed by atoms with Crippen molar-refractivity contribution in [1.82, 2.24) is 4.98 Å². The number of nitrogens with zero attached hydrogens (tertiary/aromatic N) is 2. The predicted octanol–water partition coefficient (Wildman–Crippen LogP) is 4.27. The van der Waals surface area contributed by atoms with Crippen molar-refractivity contribution in [2.24, 2.45) is 5.16 Å². The largest absolute Gasteiger partial charge is 0.476 e. The molecule has 0 aliphatic heterocycles. The number of aryl methyl sites for hydroxylation is 1. The predicted molar refractivity (Wildman–Crippen MR) is 104 cm³/mol. The van der Waals surface area contributed by atoms with Crippen molar-refractivity contribution in [1.29, 1.82) is 0 Å². The Labute approximate surface area is 164 Å². The SMILES string of the molecule is CO/N=C(/C(=O)O)c1ccccc1COc1nc(-c2ccccc2F)sc1C. The van der Waals surface area contributed by atoms with Gasteiger partial charge in [0.05, 0.1) is 4.88 Å². The Morgan fingerprint density at radius 1 is 1.21 bits per heavy atom. The van der Waals surface area contributed by atoms with Crippen LogP contribution < -0.4 is 4.74 Å². The molecule has 2 aromatic carbocycles. The van der Waals surface area contributed by atoms with Gasteiger partial charge in [0, 0.05) is 11.1 Å². The number of aromatic nitrogens is 1. The first-order valence-corrected chi connectivity index (χ1v) is 9.10. The molecule has 0 spiro atoms. The van der Waals surface area contributed by atoms with Crippen molar-refractivity contribution in [2.45, 2.75) is 13.5 Å². The van der Waals surface area contributed by atoms with E-state index in [4.69, 9.17) is 4.74 Å². The maximum Gasteiger partial charge on any atom is 0.358 e. The van der Waals surface area contributed by atoms with Crippen LogP contribution in [0.2, 0.25) is 0 Å². The number of carbonyl (C=O) groups is 1. The lowest BCUT2D eigenvalue weighted by Crippen LogP contribution is -2.17. The molecule has 0 amide bonds. The first-order chi connectivity index (χ1) is 13.5. The zero-order valence-corrected chi connectivity index (χ0v) is 16.0. The van der Waals surface area contributed by atoms with Crippen molar-refractivity contribution < 1.29 is 23.9 Å². The molecule has 1 aromatic heterocycles. The van der Waals surface area contributed by atoms with E-state index in [2.05, 4.69) is 15.0 Å². The fraction of sp³-hybridized carbons (Fsp3) is 0.150. The van der Waals surface area contributed by atoms with E-state index in [9.17, 15) is 14.3 Å². The van der Waals surface area contributed by atoms with Crippen molar-refractivity contribution in [2.75, 3.05) is 7.11 Å². The number of hydrogen-bond donors (Lipinski definition) is 1. The average Bonchev–Trinajstić information content (AvgIpc) is 3.05. The van der Waals surface area contributed by atoms with Crippen LogP contribution in [0.25, 0.3) is 10.6 Å². The lowest BCUT2D eigenvalue weighted by molar-refractivity contribution is -0.129. The highest BCUT2D eigenvalue weighted by atomic mass is 32.1. The average molecular weight is 400 g/mol. The van der Waals surface area contributed by atoms with Gasteiger partial charge in [0.15, 0.2) is 5.71 Å². The molecule has 0 unspecified atom stereocenters. The van der Waals surface area contributed by atoms with Gasteiger partial charge < -0.3 is 14.7 Å². The van der Waals surface area contributed by atoms with Crippen molar-refractivity contribution >= 4 is 23.0 Å². The third kappa shape index (κ3) is 4.17. The highest BCUT2D eigenvalue weighted by molar-refractivity contribution is 7.15. The van der Waals surface area contributed by atoms with Crippen LogP contribution in [0.1, 0.15) is 16.0 Å². The third-order valence-electron chi connectivity index (χ3n) is 3.88. The second kappa shape index (κ2) is 8.62. The van der Waals surface area contributed by atoms with Crippen LogP contribution in [0.5, 0.6) is 5.88 Å². The molecule has 0 aliphatic carbocycles. The van der Waals surface area contributed by atoms with Crippen LogP contribution in [0.3, 0.4) is 0 Å². The zero-order valence-electron chi connectivity index (χ0n) is 15.2. The van der Waals surface area contributed by atoms with Crippen LogP contribution in [0.4, 0.5) is 4.39 Å². The van der Waals surface area contributed by atoms with Gasteiger partial charge in [-0.05, 0) is 24.6 Å². The smallest absolute Gasteiger partial charge is 0.358 e. The Morgan fingerprint density at radius 3 is 2.64 bits per heavy atom. The maximum absolute atomic E-state index is 14.0. The molecule has 1 N–H and O–H groups in total. The summed E-state index contributed by atoms with van der Waals surface area (Å²) in [6.45, 7) is 1.91. The summed E-state index contributed by atoms with van der Waals surface area (Å²) in [4.78, 5) is 21.3. The van der Waals surface area contributed by atoms with Crippen molar-refractivity contribution in [3.05, 3.63) is 70.4 Å². The molecule has 3 aromatic rings. The number of oxime groups is 1. The molecular weight excluding hydrogens is 383 g/mol. The van der Waals surface area contributed by atoms with E-state index in [-0.39, 0.29) is 18.1 Å². The number of rotatable bonds is 7. The van der Waals surface area contributed by atoms with Crippen LogP contribution in [0, 0.1) is 12.7 Å². The van der Waals surface area contributed by atoms with Gasteiger partial charge in [0.1, 0.15) is 24.5 Å². The first kappa shape index (κ1) is 19.5. The van der Waals surface area contributed by atoms with Gasteiger partial charge in [-0.25, -0.2) is 14.2 Å².